The minimum absolute atomic E-state index is 0.159. The second kappa shape index (κ2) is 9.36. The number of anilines is 1. The van der Waals surface area contributed by atoms with Gasteiger partial charge in [-0.15, -0.1) is 5.10 Å². The summed E-state index contributed by atoms with van der Waals surface area (Å²) in [5, 5.41) is 28.3. The molecular weight excluding hydrogens is 524 g/mol. The van der Waals surface area contributed by atoms with E-state index in [9.17, 15) is 19.5 Å². The maximum absolute atomic E-state index is 12.5. The third-order valence-electron chi connectivity index (χ3n) is 7.87. The topological polar surface area (TPSA) is 144 Å². The van der Waals surface area contributed by atoms with E-state index in [4.69, 9.17) is 4.74 Å². The minimum Gasteiger partial charge on any atom is -0.394 e. The highest BCUT2D eigenvalue weighted by molar-refractivity contribution is 6.27. The van der Waals surface area contributed by atoms with Gasteiger partial charge in [0, 0.05) is 36.4 Å². The van der Waals surface area contributed by atoms with Gasteiger partial charge in [-0.25, -0.2) is 9.48 Å². The van der Waals surface area contributed by atoms with Gasteiger partial charge in [0.25, 0.3) is 5.56 Å². The SMILES string of the molecule is CC(=O)Nc1cc2ccc3cccc4cc(-c5cn(C6CC(n7cc(C)c(=O)[nH]c7=O)OC6CO)nn5)c(c1)c2c34. The first-order valence-electron chi connectivity index (χ1n) is 13.3. The number of benzene rings is 4. The number of hydrogen-bond donors (Lipinski definition) is 3. The Balaban J connectivity index is 1.34. The number of aryl methyl sites for hydroxylation is 1. The van der Waals surface area contributed by atoms with E-state index in [1.54, 1.807) is 11.6 Å². The zero-order valence-corrected chi connectivity index (χ0v) is 22.3. The number of ether oxygens (including phenoxy) is 1. The van der Waals surface area contributed by atoms with Crippen molar-refractivity contribution in [2.75, 3.05) is 11.9 Å². The first-order valence-corrected chi connectivity index (χ1v) is 13.3. The summed E-state index contributed by atoms with van der Waals surface area (Å²) >= 11 is 0. The van der Waals surface area contributed by atoms with E-state index in [0.717, 1.165) is 37.9 Å². The van der Waals surface area contributed by atoms with Crippen molar-refractivity contribution >= 4 is 43.9 Å². The monoisotopic (exact) mass is 550 g/mol. The van der Waals surface area contributed by atoms with Crippen LogP contribution in [0.4, 0.5) is 5.69 Å². The van der Waals surface area contributed by atoms with Crippen LogP contribution in [0.5, 0.6) is 0 Å². The van der Waals surface area contributed by atoms with E-state index in [0.29, 0.717) is 23.4 Å². The van der Waals surface area contributed by atoms with Crippen LogP contribution in [0.3, 0.4) is 0 Å². The summed E-state index contributed by atoms with van der Waals surface area (Å²) in [6.07, 6.45) is 2.28. The number of rotatable bonds is 5. The number of amides is 1. The lowest BCUT2D eigenvalue weighted by molar-refractivity contribution is -0.114. The molecule has 6 aromatic rings. The van der Waals surface area contributed by atoms with E-state index in [-0.39, 0.29) is 12.5 Å². The van der Waals surface area contributed by atoms with Gasteiger partial charge in [-0.2, -0.15) is 0 Å². The summed E-state index contributed by atoms with van der Waals surface area (Å²) in [5.74, 6) is -0.159. The smallest absolute Gasteiger partial charge is 0.330 e. The molecule has 3 unspecified atom stereocenters. The number of carbonyl (C=O) groups excluding carboxylic acids is 1. The van der Waals surface area contributed by atoms with Crippen LogP contribution >= 0.6 is 0 Å². The molecule has 7 rings (SSSR count). The highest BCUT2D eigenvalue weighted by Crippen LogP contribution is 2.42. The normalized spacial score (nSPS) is 19.0. The standard InChI is InChI=1S/C30H26N6O5/c1-15-12-35(30(40)32-29(15)39)26-11-24(25(14-37)41-26)36-13-23(33-34-36)21-9-18-5-3-4-17-6-7-19-8-20(31-16(2)38)10-22(21)28(19)27(17)18/h3-10,12-13,24-26,37H,11,14H2,1-2H3,(H,31,38)(H,32,39,40). The van der Waals surface area contributed by atoms with Crippen LogP contribution in [0.2, 0.25) is 0 Å². The second-order valence-electron chi connectivity index (χ2n) is 10.5. The molecule has 3 heterocycles. The van der Waals surface area contributed by atoms with Crippen molar-refractivity contribution in [1.29, 1.82) is 0 Å². The van der Waals surface area contributed by atoms with Crippen molar-refractivity contribution < 1.29 is 14.6 Å². The van der Waals surface area contributed by atoms with E-state index < -0.39 is 29.6 Å². The van der Waals surface area contributed by atoms with E-state index in [2.05, 4.69) is 50.9 Å². The molecule has 1 aliphatic rings. The number of aromatic amines is 1. The van der Waals surface area contributed by atoms with Crippen LogP contribution in [0.15, 0.2) is 70.5 Å². The highest BCUT2D eigenvalue weighted by atomic mass is 16.5. The second-order valence-corrected chi connectivity index (χ2v) is 10.5. The predicted molar refractivity (Wildman–Crippen MR) is 154 cm³/mol. The summed E-state index contributed by atoms with van der Waals surface area (Å²) < 4.78 is 9.03. The van der Waals surface area contributed by atoms with Crippen LogP contribution in [0.1, 0.15) is 31.2 Å². The molecule has 4 aromatic carbocycles. The van der Waals surface area contributed by atoms with Crippen molar-refractivity contribution in [3.63, 3.8) is 0 Å². The molecular formula is C30H26N6O5. The molecule has 41 heavy (non-hydrogen) atoms. The first kappa shape index (κ1) is 25.1. The summed E-state index contributed by atoms with van der Waals surface area (Å²) in [5.41, 5.74) is 1.51. The largest absolute Gasteiger partial charge is 0.394 e. The van der Waals surface area contributed by atoms with Gasteiger partial charge >= 0.3 is 5.69 Å². The molecule has 11 nitrogen and oxygen atoms in total. The number of hydrogen-bond acceptors (Lipinski definition) is 7. The summed E-state index contributed by atoms with van der Waals surface area (Å²) in [7, 11) is 0. The molecule has 0 aliphatic carbocycles. The summed E-state index contributed by atoms with van der Waals surface area (Å²) in [6, 6.07) is 15.9. The lowest BCUT2D eigenvalue weighted by Gasteiger charge is -2.16. The number of aliphatic hydroxyl groups excluding tert-OH is 1. The Morgan fingerprint density at radius 3 is 2.68 bits per heavy atom. The zero-order valence-electron chi connectivity index (χ0n) is 22.3. The minimum atomic E-state index is -0.694. The lowest BCUT2D eigenvalue weighted by atomic mass is 9.90. The molecule has 3 atom stereocenters. The maximum Gasteiger partial charge on any atom is 0.330 e. The molecule has 0 spiro atoms. The van der Waals surface area contributed by atoms with Crippen molar-refractivity contribution in [3.8, 4) is 11.3 Å². The maximum atomic E-state index is 12.5. The zero-order chi connectivity index (χ0) is 28.4. The third kappa shape index (κ3) is 4.09. The Morgan fingerprint density at radius 1 is 1.10 bits per heavy atom. The summed E-state index contributed by atoms with van der Waals surface area (Å²) in [4.78, 5) is 38.5. The van der Waals surface area contributed by atoms with E-state index in [1.807, 2.05) is 24.4 Å². The van der Waals surface area contributed by atoms with Gasteiger partial charge in [0.05, 0.1) is 18.8 Å². The number of H-pyrrole nitrogens is 1. The fourth-order valence-corrected chi connectivity index (χ4v) is 6.02. The van der Waals surface area contributed by atoms with Crippen LogP contribution in [0.25, 0.3) is 43.6 Å². The third-order valence-corrected chi connectivity index (χ3v) is 7.87. The lowest BCUT2D eigenvalue weighted by Crippen LogP contribution is -2.33. The van der Waals surface area contributed by atoms with Gasteiger partial charge in [0.15, 0.2) is 0 Å². The van der Waals surface area contributed by atoms with Crippen molar-refractivity contribution in [2.24, 2.45) is 0 Å². The number of aliphatic hydroxyl groups is 1. The quantitative estimate of drug-likeness (QED) is 0.279. The fraction of sp³-hybridized carbons (Fsp3) is 0.233. The molecule has 206 valence electrons. The van der Waals surface area contributed by atoms with Crippen LogP contribution in [-0.4, -0.2) is 48.3 Å². The van der Waals surface area contributed by atoms with Crippen LogP contribution in [0, 0.1) is 6.92 Å². The molecule has 1 saturated heterocycles. The summed E-state index contributed by atoms with van der Waals surface area (Å²) in [6.45, 7) is 2.81. The molecule has 1 fully saturated rings. The molecule has 1 amide bonds. The molecule has 0 bridgehead atoms. The molecule has 3 N–H and O–H groups in total. The Labute approximate surface area is 232 Å². The number of nitrogens with zero attached hydrogens (tertiary/aromatic N) is 4. The fourth-order valence-electron chi connectivity index (χ4n) is 6.02. The number of nitrogens with one attached hydrogen (secondary N) is 2. The van der Waals surface area contributed by atoms with Crippen molar-refractivity contribution in [3.05, 3.63) is 87.3 Å². The Bertz CT molecular complexity index is 2090. The van der Waals surface area contributed by atoms with Gasteiger partial charge in [0.1, 0.15) is 18.0 Å². The molecule has 0 saturated carbocycles. The van der Waals surface area contributed by atoms with Gasteiger partial charge in [-0.05, 0) is 57.4 Å². The molecule has 0 radical (unpaired) electrons. The van der Waals surface area contributed by atoms with Gasteiger partial charge in [-0.1, -0.05) is 35.5 Å². The van der Waals surface area contributed by atoms with Crippen molar-refractivity contribution in [2.45, 2.75) is 38.6 Å². The highest BCUT2D eigenvalue weighted by Gasteiger charge is 2.38. The average molecular weight is 551 g/mol. The number of aromatic nitrogens is 5. The van der Waals surface area contributed by atoms with Crippen LogP contribution in [-0.2, 0) is 9.53 Å². The van der Waals surface area contributed by atoms with E-state index in [1.165, 1.54) is 17.7 Å². The van der Waals surface area contributed by atoms with Gasteiger partial charge in [-0.3, -0.25) is 19.1 Å². The molecule has 2 aromatic heterocycles. The first-order chi connectivity index (χ1) is 19.8. The Hall–Kier alpha value is -4.87. The predicted octanol–water partition coefficient (Wildman–Crippen LogP) is 3.48. The molecule has 11 heteroatoms. The molecule has 1 aliphatic heterocycles. The van der Waals surface area contributed by atoms with Crippen molar-refractivity contribution in [1.82, 2.24) is 24.5 Å². The average Bonchev–Trinajstić information content (AvgIpc) is 3.60. The Kier molecular flexibility index (Phi) is 5.73. The number of carbonyl (C=O) groups is 1. The van der Waals surface area contributed by atoms with Gasteiger partial charge in [0.2, 0.25) is 5.91 Å². The van der Waals surface area contributed by atoms with Gasteiger partial charge < -0.3 is 15.2 Å². The Morgan fingerprint density at radius 2 is 1.88 bits per heavy atom. The van der Waals surface area contributed by atoms with E-state index >= 15 is 0 Å². The van der Waals surface area contributed by atoms with Crippen LogP contribution < -0.4 is 16.6 Å².